The summed E-state index contributed by atoms with van der Waals surface area (Å²) in [6.45, 7) is 4.25. The van der Waals surface area contributed by atoms with Crippen molar-refractivity contribution in [3.63, 3.8) is 0 Å². The van der Waals surface area contributed by atoms with E-state index in [1.165, 1.54) is 0 Å². The molecule has 0 aliphatic carbocycles. The van der Waals surface area contributed by atoms with Crippen LogP contribution in [0.1, 0.15) is 23.6 Å². The molecule has 0 bridgehead atoms. The van der Waals surface area contributed by atoms with Gasteiger partial charge in [-0.1, -0.05) is 44.0 Å². The zero-order valence-electron chi connectivity index (χ0n) is 9.35. The highest BCUT2D eigenvalue weighted by molar-refractivity contribution is 9.10. The first-order chi connectivity index (χ1) is 7.60. The Kier molecular flexibility index (Phi) is 5.49. The third kappa shape index (κ3) is 3.32. The molecule has 0 aromatic heterocycles. The maximum atomic E-state index is 11.5. The molecular weight excluding hydrogens is 336 g/mol. The fourth-order valence-corrected chi connectivity index (χ4v) is 2.50. The standard InChI is InChI=1S/C12H14Br2O2/c1-3-16-11(15)6-10-9(7-13)5-4-8(2)12(10)14/h4-5H,3,6-7H2,1-2H3. The molecule has 1 aromatic carbocycles. The van der Waals surface area contributed by atoms with Crippen LogP contribution in [-0.4, -0.2) is 12.6 Å². The molecule has 88 valence electrons. The van der Waals surface area contributed by atoms with Gasteiger partial charge in [-0.2, -0.15) is 0 Å². The van der Waals surface area contributed by atoms with Gasteiger partial charge in [-0.3, -0.25) is 4.79 Å². The Balaban J connectivity index is 3.00. The van der Waals surface area contributed by atoms with Crippen molar-refractivity contribution in [2.24, 2.45) is 0 Å². The molecule has 0 atom stereocenters. The Hall–Kier alpha value is -0.350. The molecule has 0 spiro atoms. The van der Waals surface area contributed by atoms with Crippen molar-refractivity contribution in [1.29, 1.82) is 0 Å². The number of esters is 1. The Morgan fingerprint density at radius 3 is 2.69 bits per heavy atom. The summed E-state index contributed by atoms with van der Waals surface area (Å²) in [5.41, 5.74) is 3.25. The highest BCUT2D eigenvalue weighted by atomic mass is 79.9. The number of alkyl halides is 1. The van der Waals surface area contributed by atoms with Gasteiger partial charge in [0.25, 0.3) is 0 Å². The molecule has 0 radical (unpaired) electrons. The van der Waals surface area contributed by atoms with Crippen LogP contribution in [0.4, 0.5) is 0 Å². The van der Waals surface area contributed by atoms with Crippen molar-refractivity contribution in [2.75, 3.05) is 6.61 Å². The molecule has 0 N–H and O–H groups in total. The SMILES string of the molecule is CCOC(=O)Cc1c(CBr)ccc(C)c1Br. The number of hydrogen-bond acceptors (Lipinski definition) is 2. The summed E-state index contributed by atoms with van der Waals surface area (Å²) in [7, 11) is 0. The van der Waals surface area contributed by atoms with E-state index in [0.717, 1.165) is 26.5 Å². The fourth-order valence-electron chi connectivity index (χ4n) is 1.45. The van der Waals surface area contributed by atoms with Crippen LogP contribution in [0.2, 0.25) is 0 Å². The number of hydrogen-bond donors (Lipinski definition) is 0. The highest BCUT2D eigenvalue weighted by Crippen LogP contribution is 2.27. The number of ether oxygens (including phenoxy) is 1. The van der Waals surface area contributed by atoms with E-state index in [4.69, 9.17) is 4.74 Å². The van der Waals surface area contributed by atoms with Crippen molar-refractivity contribution < 1.29 is 9.53 Å². The van der Waals surface area contributed by atoms with Crippen LogP contribution in [-0.2, 0) is 21.3 Å². The highest BCUT2D eigenvalue weighted by Gasteiger charge is 2.13. The Morgan fingerprint density at radius 2 is 2.12 bits per heavy atom. The molecule has 0 saturated heterocycles. The number of halogens is 2. The van der Waals surface area contributed by atoms with E-state index in [1.54, 1.807) is 0 Å². The average Bonchev–Trinajstić information content (AvgIpc) is 2.25. The third-order valence-corrected chi connectivity index (χ3v) is 4.01. The molecule has 4 heteroatoms. The smallest absolute Gasteiger partial charge is 0.310 e. The lowest BCUT2D eigenvalue weighted by molar-refractivity contribution is -0.142. The van der Waals surface area contributed by atoms with Crippen LogP contribution >= 0.6 is 31.9 Å². The second kappa shape index (κ2) is 6.40. The number of benzene rings is 1. The van der Waals surface area contributed by atoms with Crippen LogP contribution in [0.3, 0.4) is 0 Å². The summed E-state index contributed by atoms with van der Waals surface area (Å²) in [5.74, 6) is -0.184. The van der Waals surface area contributed by atoms with Gasteiger partial charge in [0.1, 0.15) is 0 Å². The minimum Gasteiger partial charge on any atom is -0.466 e. The first-order valence-corrected chi connectivity index (χ1v) is 7.00. The van der Waals surface area contributed by atoms with Gasteiger partial charge in [0, 0.05) is 9.80 Å². The maximum Gasteiger partial charge on any atom is 0.310 e. The van der Waals surface area contributed by atoms with E-state index in [-0.39, 0.29) is 5.97 Å². The Labute approximate surface area is 113 Å². The minimum absolute atomic E-state index is 0.184. The maximum absolute atomic E-state index is 11.5. The zero-order valence-corrected chi connectivity index (χ0v) is 12.5. The van der Waals surface area contributed by atoms with Crippen molar-refractivity contribution in [3.8, 4) is 0 Å². The molecule has 1 aromatic rings. The number of rotatable bonds is 4. The average molecular weight is 350 g/mol. The van der Waals surface area contributed by atoms with Gasteiger partial charge in [-0.05, 0) is 30.5 Å². The summed E-state index contributed by atoms with van der Waals surface area (Å²) in [6, 6.07) is 4.07. The number of carbonyl (C=O) groups excluding carboxylic acids is 1. The predicted molar refractivity (Wildman–Crippen MR) is 71.8 cm³/mol. The van der Waals surface area contributed by atoms with Gasteiger partial charge in [-0.25, -0.2) is 0 Å². The van der Waals surface area contributed by atoms with Gasteiger partial charge in [0.05, 0.1) is 13.0 Å². The van der Waals surface area contributed by atoms with Crippen LogP contribution in [0.25, 0.3) is 0 Å². The Morgan fingerprint density at radius 1 is 1.44 bits per heavy atom. The molecule has 0 unspecified atom stereocenters. The monoisotopic (exact) mass is 348 g/mol. The van der Waals surface area contributed by atoms with E-state index < -0.39 is 0 Å². The largest absolute Gasteiger partial charge is 0.466 e. The topological polar surface area (TPSA) is 26.3 Å². The first kappa shape index (κ1) is 13.7. The van der Waals surface area contributed by atoms with Gasteiger partial charge in [0.15, 0.2) is 0 Å². The van der Waals surface area contributed by atoms with Gasteiger partial charge in [0.2, 0.25) is 0 Å². The van der Waals surface area contributed by atoms with Crippen molar-refractivity contribution in [1.82, 2.24) is 0 Å². The van der Waals surface area contributed by atoms with E-state index in [2.05, 4.69) is 31.9 Å². The first-order valence-electron chi connectivity index (χ1n) is 5.08. The molecular formula is C12H14Br2O2. The molecule has 2 nitrogen and oxygen atoms in total. The summed E-state index contributed by atoms with van der Waals surface area (Å²) >= 11 is 6.95. The summed E-state index contributed by atoms with van der Waals surface area (Å²) in [4.78, 5) is 11.5. The lowest BCUT2D eigenvalue weighted by Gasteiger charge is -2.11. The van der Waals surface area contributed by atoms with Crippen molar-refractivity contribution >= 4 is 37.8 Å². The lowest BCUT2D eigenvalue weighted by Crippen LogP contribution is -2.10. The second-order valence-corrected chi connectivity index (χ2v) is 4.80. The van der Waals surface area contributed by atoms with E-state index in [0.29, 0.717) is 13.0 Å². The lowest BCUT2D eigenvalue weighted by atomic mass is 10.0. The second-order valence-electron chi connectivity index (χ2n) is 3.45. The van der Waals surface area contributed by atoms with Crippen LogP contribution in [0.15, 0.2) is 16.6 Å². The minimum atomic E-state index is -0.184. The summed E-state index contributed by atoms with van der Waals surface area (Å²) < 4.78 is 5.96. The van der Waals surface area contributed by atoms with Gasteiger partial charge in [-0.15, -0.1) is 0 Å². The molecule has 0 aliphatic heterocycles. The zero-order chi connectivity index (χ0) is 12.1. The number of aryl methyl sites for hydroxylation is 1. The Bertz CT molecular complexity index is 389. The van der Waals surface area contributed by atoms with Crippen LogP contribution in [0.5, 0.6) is 0 Å². The van der Waals surface area contributed by atoms with Crippen LogP contribution < -0.4 is 0 Å². The third-order valence-electron chi connectivity index (χ3n) is 2.30. The summed E-state index contributed by atoms with van der Waals surface area (Å²) in [5, 5.41) is 0.737. The van der Waals surface area contributed by atoms with Crippen molar-refractivity contribution in [2.45, 2.75) is 25.6 Å². The van der Waals surface area contributed by atoms with Gasteiger partial charge < -0.3 is 4.74 Å². The quantitative estimate of drug-likeness (QED) is 0.611. The fraction of sp³-hybridized carbons (Fsp3) is 0.417. The molecule has 16 heavy (non-hydrogen) atoms. The van der Waals surface area contributed by atoms with E-state index in [1.807, 2.05) is 26.0 Å². The normalized spacial score (nSPS) is 10.2. The van der Waals surface area contributed by atoms with Crippen molar-refractivity contribution in [3.05, 3.63) is 33.3 Å². The van der Waals surface area contributed by atoms with Gasteiger partial charge >= 0.3 is 5.97 Å². The molecule has 0 heterocycles. The number of carbonyl (C=O) groups is 1. The molecule has 0 fully saturated rings. The van der Waals surface area contributed by atoms with Crippen LogP contribution in [0, 0.1) is 6.92 Å². The molecule has 0 saturated carbocycles. The molecule has 0 amide bonds. The summed E-state index contributed by atoms with van der Waals surface area (Å²) in [6.07, 6.45) is 0.317. The molecule has 0 aliphatic rings. The predicted octanol–water partition coefficient (Wildman–Crippen LogP) is 3.76. The van der Waals surface area contributed by atoms with E-state index >= 15 is 0 Å². The molecule has 1 rings (SSSR count). The van der Waals surface area contributed by atoms with E-state index in [9.17, 15) is 4.79 Å².